The van der Waals surface area contributed by atoms with Crippen LogP contribution in [0.1, 0.15) is 41.0 Å². The zero-order chi connectivity index (χ0) is 14.1. The molecule has 0 saturated carbocycles. The van der Waals surface area contributed by atoms with Crippen molar-refractivity contribution < 1.29 is 4.79 Å². The first-order valence-corrected chi connectivity index (χ1v) is 6.98. The number of carbonyl (C=O) groups excluding carboxylic acids is 1. The van der Waals surface area contributed by atoms with Gasteiger partial charge in [0.05, 0.1) is 11.7 Å². The van der Waals surface area contributed by atoms with Gasteiger partial charge in [0.1, 0.15) is 0 Å². The van der Waals surface area contributed by atoms with Gasteiger partial charge in [-0.1, -0.05) is 20.8 Å². The van der Waals surface area contributed by atoms with Gasteiger partial charge in [0, 0.05) is 12.6 Å². The molecule has 1 aliphatic rings. The number of rotatable bonds is 5. The lowest BCUT2D eigenvalue weighted by molar-refractivity contribution is -0.134. The number of hydrogen-bond donors (Lipinski definition) is 1. The predicted molar refractivity (Wildman–Crippen MR) is 75.3 cm³/mol. The van der Waals surface area contributed by atoms with Crippen LogP contribution < -0.4 is 5.32 Å². The molecule has 3 atom stereocenters. The van der Waals surface area contributed by atoms with Gasteiger partial charge in [-0.25, -0.2) is 0 Å². The van der Waals surface area contributed by atoms with Crippen LogP contribution >= 0.6 is 0 Å². The first-order valence-electron chi connectivity index (χ1n) is 6.98. The second-order valence-electron chi connectivity index (χ2n) is 6.29. The van der Waals surface area contributed by atoms with Crippen LogP contribution in [0.3, 0.4) is 0 Å². The van der Waals surface area contributed by atoms with E-state index in [9.17, 15) is 4.79 Å². The van der Waals surface area contributed by atoms with Crippen molar-refractivity contribution >= 4 is 5.91 Å². The van der Waals surface area contributed by atoms with Crippen LogP contribution in [0.5, 0.6) is 0 Å². The van der Waals surface area contributed by atoms with E-state index in [-0.39, 0.29) is 17.6 Å². The summed E-state index contributed by atoms with van der Waals surface area (Å²) in [6.07, 6.45) is 0.992. The minimum Gasteiger partial charge on any atom is -0.324 e. The van der Waals surface area contributed by atoms with E-state index in [2.05, 4.69) is 52.0 Å². The average molecular weight is 255 g/mol. The van der Waals surface area contributed by atoms with Crippen LogP contribution in [0.4, 0.5) is 0 Å². The van der Waals surface area contributed by atoms with Gasteiger partial charge in [0.2, 0.25) is 5.91 Å². The van der Waals surface area contributed by atoms with Gasteiger partial charge in [-0.2, -0.15) is 0 Å². The molecular formula is C14H29N3O. The van der Waals surface area contributed by atoms with Crippen molar-refractivity contribution in [3.63, 3.8) is 0 Å². The smallest absolute Gasteiger partial charge is 0.243 e. The minimum atomic E-state index is -0.388. The number of likely N-dealkylation sites (N-methyl/N-ethyl adjacent to an activating group) is 1. The largest absolute Gasteiger partial charge is 0.324 e. The number of amides is 1. The summed E-state index contributed by atoms with van der Waals surface area (Å²) in [6.45, 7) is 11.4. The standard InChI is InChI=1S/C14H29N3O/c1-8-14(5)13(18)17(9-11(4)16(6)7)12(15-14)10(2)3/h10-12,15H,8-9H2,1-7H3. The Morgan fingerprint density at radius 3 is 2.33 bits per heavy atom. The molecule has 18 heavy (non-hydrogen) atoms. The normalized spacial score (nSPS) is 30.6. The fourth-order valence-corrected chi connectivity index (χ4v) is 2.33. The molecular weight excluding hydrogens is 226 g/mol. The lowest BCUT2D eigenvalue weighted by Gasteiger charge is -2.31. The van der Waals surface area contributed by atoms with Crippen molar-refractivity contribution in [1.29, 1.82) is 0 Å². The maximum atomic E-state index is 12.6. The molecule has 0 aromatic rings. The fraction of sp³-hybridized carbons (Fsp3) is 0.929. The van der Waals surface area contributed by atoms with Crippen LogP contribution in [0.25, 0.3) is 0 Å². The number of nitrogens with zero attached hydrogens (tertiary/aromatic N) is 2. The molecule has 1 N–H and O–H groups in total. The topological polar surface area (TPSA) is 35.6 Å². The highest BCUT2D eigenvalue weighted by Crippen LogP contribution is 2.27. The third-order valence-corrected chi connectivity index (χ3v) is 4.22. The van der Waals surface area contributed by atoms with E-state index < -0.39 is 0 Å². The van der Waals surface area contributed by atoms with Crippen LogP contribution in [0.2, 0.25) is 0 Å². The van der Waals surface area contributed by atoms with E-state index in [1.54, 1.807) is 0 Å². The van der Waals surface area contributed by atoms with Crippen molar-refractivity contribution in [1.82, 2.24) is 15.1 Å². The van der Waals surface area contributed by atoms with Crippen molar-refractivity contribution in [3.05, 3.63) is 0 Å². The lowest BCUT2D eigenvalue weighted by atomic mass is 9.99. The third-order valence-electron chi connectivity index (χ3n) is 4.22. The van der Waals surface area contributed by atoms with Gasteiger partial charge in [-0.15, -0.1) is 0 Å². The highest BCUT2D eigenvalue weighted by atomic mass is 16.2. The summed E-state index contributed by atoms with van der Waals surface area (Å²) in [4.78, 5) is 16.8. The Morgan fingerprint density at radius 2 is 1.94 bits per heavy atom. The van der Waals surface area contributed by atoms with E-state index in [0.717, 1.165) is 13.0 Å². The Hall–Kier alpha value is -0.610. The Bertz CT molecular complexity index is 303. The van der Waals surface area contributed by atoms with Gasteiger partial charge >= 0.3 is 0 Å². The van der Waals surface area contributed by atoms with Crippen molar-refractivity contribution in [2.24, 2.45) is 5.92 Å². The summed E-state index contributed by atoms with van der Waals surface area (Å²) in [5.41, 5.74) is -0.388. The van der Waals surface area contributed by atoms with E-state index in [1.165, 1.54) is 0 Å². The summed E-state index contributed by atoms with van der Waals surface area (Å²) < 4.78 is 0. The molecule has 0 bridgehead atoms. The third kappa shape index (κ3) is 2.86. The summed E-state index contributed by atoms with van der Waals surface area (Å²) in [5.74, 6) is 0.675. The van der Waals surface area contributed by atoms with Crippen LogP contribution in [-0.4, -0.2) is 54.1 Å². The van der Waals surface area contributed by atoms with Crippen LogP contribution in [0.15, 0.2) is 0 Å². The van der Waals surface area contributed by atoms with Gasteiger partial charge in [0.15, 0.2) is 0 Å². The molecule has 4 heteroatoms. The van der Waals surface area contributed by atoms with Gasteiger partial charge < -0.3 is 9.80 Å². The molecule has 1 amide bonds. The second-order valence-corrected chi connectivity index (χ2v) is 6.29. The number of nitrogens with one attached hydrogen (secondary N) is 1. The molecule has 0 radical (unpaired) electrons. The van der Waals surface area contributed by atoms with Crippen molar-refractivity contribution in [2.75, 3.05) is 20.6 Å². The Kier molecular flexibility index (Phi) is 4.78. The van der Waals surface area contributed by atoms with Crippen LogP contribution in [-0.2, 0) is 4.79 Å². The molecule has 3 unspecified atom stereocenters. The molecule has 4 nitrogen and oxygen atoms in total. The fourth-order valence-electron chi connectivity index (χ4n) is 2.33. The SMILES string of the molecule is CCC1(C)NC(C(C)C)N(CC(C)N(C)C)C1=O. The molecule has 1 saturated heterocycles. The van der Waals surface area contributed by atoms with Crippen molar-refractivity contribution in [2.45, 2.75) is 58.8 Å². The van der Waals surface area contributed by atoms with E-state index >= 15 is 0 Å². The Balaban J connectivity index is 2.88. The Labute approximate surface area is 112 Å². The van der Waals surface area contributed by atoms with Gasteiger partial charge in [0.25, 0.3) is 0 Å². The number of hydrogen-bond acceptors (Lipinski definition) is 3. The van der Waals surface area contributed by atoms with Crippen molar-refractivity contribution in [3.8, 4) is 0 Å². The maximum Gasteiger partial charge on any atom is 0.243 e. The van der Waals surface area contributed by atoms with E-state index in [4.69, 9.17) is 0 Å². The second kappa shape index (κ2) is 5.57. The molecule has 1 heterocycles. The zero-order valence-corrected chi connectivity index (χ0v) is 12.9. The monoisotopic (exact) mass is 255 g/mol. The zero-order valence-electron chi connectivity index (χ0n) is 12.9. The number of carbonyl (C=O) groups is 1. The first-order chi connectivity index (χ1) is 8.23. The first kappa shape index (κ1) is 15.4. The molecule has 0 aromatic carbocycles. The molecule has 106 valence electrons. The highest BCUT2D eigenvalue weighted by molar-refractivity contribution is 5.88. The minimum absolute atomic E-state index is 0.157. The molecule has 1 fully saturated rings. The summed E-state index contributed by atoms with van der Waals surface area (Å²) >= 11 is 0. The quantitative estimate of drug-likeness (QED) is 0.809. The van der Waals surface area contributed by atoms with Gasteiger partial charge in [-0.05, 0) is 40.3 Å². The summed E-state index contributed by atoms with van der Waals surface area (Å²) in [5, 5.41) is 3.52. The van der Waals surface area contributed by atoms with E-state index in [1.807, 2.05) is 11.8 Å². The van der Waals surface area contributed by atoms with Gasteiger partial charge in [-0.3, -0.25) is 10.1 Å². The summed E-state index contributed by atoms with van der Waals surface area (Å²) in [7, 11) is 4.12. The summed E-state index contributed by atoms with van der Waals surface area (Å²) in [6, 6.07) is 0.371. The highest BCUT2D eigenvalue weighted by Gasteiger charge is 2.47. The Morgan fingerprint density at radius 1 is 1.39 bits per heavy atom. The molecule has 0 spiro atoms. The average Bonchev–Trinajstić information content (AvgIpc) is 2.54. The molecule has 0 aliphatic carbocycles. The van der Waals surface area contributed by atoms with Crippen LogP contribution in [0, 0.1) is 5.92 Å². The molecule has 1 aliphatic heterocycles. The molecule has 1 rings (SSSR count). The maximum absolute atomic E-state index is 12.6. The van der Waals surface area contributed by atoms with E-state index in [0.29, 0.717) is 12.0 Å². The molecule has 0 aromatic heterocycles. The lowest BCUT2D eigenvalue weighted by Crippen LogP contribution is -2.47. The predicted octanol–water partition coefficient (Wildman–Crippen LogP) is 1.52.